The number of methoxy groups -OCH3 is 2. The van der Waals surface area contributed by atoms with Gasteiger partial charge >= 0.3 is 0 Å². The molecular weight excluding hydrogens is 332 g/mol. The van der Waals surface area contributed by atoms with Crippen LogP contribution in [0.25, 0.3) is 0 Å². The van der Waals surface area contributed by atoms with Crippen LogP contribution in [0, 0.1) is 0 Å². The number of hydrogen-bond acceptors (Lipinski definition) is 5. The number of ether oxygens (including phenoxy) is 2. The van der Waals surface area contributed by atoms with Crippen molar-refractivity contribution in [2.45, 2.75) is 38.6 Å². The molecule has 1 aromatic carbocycles. The summed E-state index contributed by atoms with van der Waals surface area (Å²) in [5.74, 6) is 3.39. The van der Waals surface area contributed by atoms with Crippen LogP contribution >= 0.6 is 0 Å². The van der Waals surface area contributed by atoms with Crippen molar-refractivity contribution >= 4 is 5.96 Å². The molecule has 0 amide bonds. The number of fused-ring (bicyclic) bond motifs is 1. The first-order valence-electron chi connectivity index (χ1n) is 8.74. The van der Waals surface area contributed by atoms with Crippen LogP contribution in [0.15, 0.2) is 29.3 Å². The lowest BCUT2D eigenvalue weighted by Crippen LogP contribution is -2.46. The van der Waals surface area contributed by atoms with Crippen LogP contribution in [-0.4, -0.2) is 48.0 Å². The van der Waals surface area contributed by atoms with E-state index in [0.29, 0.717) is 13.2 Å². The Hall–Kier alpha value is -2.61. The van der Waals surface area contributed by atoms with Gasteiger partial charge in [0.05, 0.1) is 13.7 Å². The Kier molecular flexibility index (Phi) is 6.06. The highest BCUT2D eigenvalue weighted by Gasteiger charge is 2.22. The minimum Gasteiger partial charge on any atom is -0.496 e. The maximum atomic E-state index is 5.39. The van der Waals surface area contributed by atoms with E-state index < -0.39 is 0 Å². The van der Waals surface area contributed by atoms with Crippen molar-refractivity contribution in [3.05, 3.63) is 41.5 Å². The lowest BCUT2D eigenvalue weighted by Gasteiger charge is -2.25. The van der Waals surface area contributed by atoms with Gasteiger partial charge in [-0.25, -0.2) is 9.67 Å². The van der Waals surface area contributed by atoms with Gasteiger partial charge in [-0.05, 0) is 12.5 Å². The molecule has 0 saturated heterocycles. The average molecular weight is 358 g/mol. The molecule has 8 nitrogen and oxygen atoms in total. The third-order valence-corrected chi connectivity index (χ3v) is 4.38. The molecule has 0 radical (unpaired) electrons. The van der Waals surface area contributed by atoms with Crippen molar-refractivity contribution in [1.82, 2.24) is 25.4 Å². The summed E-state index contributed by atoms with van der Waals surface area (Å²) in [4.78, 5) is 8.84. The molecule has 140 valence electrons. The van der Waals surface area contributed by atoms with Gasteiger partial charge in [-0.1, -0.05) is 18.2 Å². The van der Waals surface area contributed by atoms with E-state index in [4.69, 9.17) is 9.47 Å². The smallest absolute Gasteiger partial charge is 0.191 e. The minimum absolute atomic E-state index is 0.253. The second-order valence-corrected chi connectivity index (χ2v) is 6.18. The first-order valence-corrected chi connectivity index (χ1v) is 8.74. The normalized spacial score (nSPS) is 16.9. The lowest BCUT2D eigenvalue weighted by molar-refractivity contribution is 0.177. The number of rotatable bonds is 6. The van der Waals surface area contributed by atoms with Crippen molar-refractivity contribution in [3.63, 3.8) is 0 Å². The average Bonchev–Trinajstić information content (AvgIpc) is 3.07. The third-order valence-electron chi connectivity index (χ3n) is 4.38. The molecule has 0 aliphatic carbocycles. The molecule has 1 aliphatic heterocycles. The number of nitrogens with one attached hydrogen (secondary N) is 2. The number of para-hydroxylation sites is 1. The largest absolute Gasteiger partial charge is 0.496 e. The third kappa shape index (κ3) is 4.32. The molecule has 1 unspecified atom stereocenters. The molecule has 0 saturated carbocycles. The number of hydrogen-bond donors (Lipinski definition) is 2. The first-order chi connectivity index (χ1) is 12.7. The summed E-state index contributed by atoms with van der Waals surface area (Å²) in [7, 11) is 5.11. The first kappa shape index (κ1) is 18.2. The van der Waals surface area contributed by atoms with E-state index in [9.17, 15) is 0 Å². The fourth-order valence-corrected chi connectivity index (χ4v) is 3.08. The maximum absolute atomic E-state index is 5.39. The molecule has 0 spiro atoms. The van der Waals surface area contributed by atoms with Crippen molar-refractivity contribution < 1.29 is 9.47 Å². The lowest BCUT2D eigenvalue weighted by atomic mass is 10.1. The fourth-order valence-electron chi connectivity index (χ4n) is 3.08. The van der Waals surface area contributed by atoms with E-state index >= 15 is 0 Å². The Morgan fingerprint density at radius 1 is 1.35 bits per heavy atom. The Morgan fingerprint density at radius 2 is 2.19 bits per heavy atom. The predicted octanol–water partition coefficient (Wildman–Crippen LogP) is 1.11. The minimum atomic E-state index is 0.253. The number of nitrogens with zero attached hydrogens (tertiary/aromatic N) is 4. The second kappa shape index (κ2) is 8.66. The molecule has 0 fully saturated rings. The Balaban J connectivity index is 1.57. The van der Waals surface area contributed by atoms with E-state index in [1.165, 1.54) is 0 Å². The number of benzene rings is 1. The second-order valence-electron chi connectivity index (χ2n) is 6.18. The van der Waals surface area contributed by atoms with Crippen LogP contribution in [0.3, 0.4) is 0 Å². The van der Waals surface area contributed by atoms with Crippen LogP contribution in [0.4, 0.5) is 0 Å². The van der Waals surface area contributed by atoms with Crippen LogP contribution in [0.1, 0.15) is 23.6 Å². The van der Waals surface area contributed by atoms with Crippen molar-refractivity contribution in [2.24, 2.45) is 4.99 Å². The molecule has 1 aliphatic rings. The van der Waals surface area contributed by atoms with Gasteiger partial charge in [0.1, 0.15) is 18.2 Å². The zero-order chi connectivity index (χ0) is 18.4. The van der Waals surface area contributed by atoms with Gasteiger partial charge in [0, 0.05) is 38.7 Å². The quantitative estimate of drug-likeness (QED) is 0.594. The molecular formula is C18H26N6O2. The van der Waals surface area contributed by atoms with Gasteiger partial charge in [0.25, 0.3) is 0 Å². The number of aromatic nitrogens is 3. The van der Waals surface area contributed by atoms with Gasteiger partial charge < -0.3 is 20.1 Å². The van der Waals surface area contributed by atoms with Crippen LogP contribution in [0.5, 0.6) is 5.75 Å². The Labute approximate surface area is 153 Å². The van der Waals surface area contributed by atoms with Crippen LogP contribution in [0.2, 0.25) is 0 Å². The molecule has 26 heavy (non-hydrogen) atoms. The zero-order valence-electron chi connectivity index (χ0n) is 15.5. The van der Waals surface area contributed by atoms with Gasteiger partial charge in [-0.2, -0.15) is 5.10 Å². The van der Waals surface area contributed by atoms with Crippen LogP contribution < -0.4 is 15.4 Å². The van der Waals surface area contributed by atoms with E-state index in [-0.39, 0.29) is 6.04 Å². The molecule has 1 aromatic heterocycles. The summed E-state index contributed by atoms with van der Waals surface area (Å²) in [5.41, 5.74) is 1.09. The monoisotopic (exact) mass is 358 g/mol. The zero-order valence-corrected chi connectivity index (χ0v) is 15.5. The fraction of sp³-hybridized carbons (Fsp3) is 0.500. The molecule has 2 heterocycles. The van der Waals surface area contributed by atoms with Crippen LogP contribution in [-0.2, 0) is 30.9 Å². The van der Waals surface area contributed by atoms with Gasteiger partial charge in [0.2, 0.25) is 0 Å². The Bertz CT molecular complexity index is 758. The van der Waals surface area contributed by atoms with Gasteiger partial charge in [-0.15, -0.1) is 0 Å². The summed E-state index contributed by atoms with van der Waals surface area (Å²) in [6, 6.07) is 8.21. The van der Waals surface area contributed by atoms with E-state index in [1.54, 1.807) is 21.3 Å². The summed E-state index contributed by atoms with van der Waals surface area (Å²) in [5, 5.41) is 11.3. The highest BCUT2D eigenvalue weighted by atomic mass is 16.5. The topological polar surface area (TPSA) is 85.6 Å². The SMILES string of the molecule is CN=C(NCc1ccccc1OC)NC1CCc2nc(COC)nn2C1. The van der Waals surface area contributed by atoms with E-state index in [2.05, 4.69) is 25.7 Å². The molecule has 2 aromatic rings. The van der Waals surface area contributed by atoms with E-state index in [0.717, 1.165) is 48.3 Å². The molecule has 2 N–H and O–H groups in total. The van der Waals surface area contributed by atoms with Gasteiger partial charge in [-0.3, -0.25) is 4.99 Å². The standard InChI is InChI=1S/C18H26N6O2/c1-19-18(20-10-13-6-4-5-7-15(13)26-3)21-14-8-9-17-22-16(12-25-2)23-24(17)11-14/h4-7,14H,8-12H2,1-3H3,(H2,19,20,21). The Morgan fingerprint density at radius 3 is 2.96 bits per heavy atom. The summed E-state index contributed by atoms with van der Waals surface area (Å²) >= 11 is 0. The van der Waals surface area contributed by atoms with Crippen molar-refractivity contribution in [2.75, 3.05) is 21.3 Å². The molecule has 0 bridgehead atoms. The van der Waals surface area contributed by atoms with Gasteiger partial charge in [0.15, 0.2) is 11.8 Å². The predicted molar refractivity (Wildman–Crippen MR) is 99.2 cm³/mol. The molecule has 8 heteroatoms. The highest BCUT2D eigenvalue weighted by Crippen LogP contribution is 2.17. The van der Waals surface area contributed by atoms with Crippen molar-refractivity contribution in [1.29, 1.82) is 0 Å². The van der Waals surface area contributed by atoms with Crippen molar-refractivity contribution in [3.8, 4) is 5.75 Å². The number of aliphatic imine (C=N–C) groups is 1. The maximum Gasteiger partial charge on any atom is 0.191 e. The summed E-state index contributed by atoms with van der Waals surface area (Å²) < 4.78 is 12.5. The van der Waals surface area contributed by atoms with E-state index in [1.807, 2.05) is 28.9 Å². The number of aryl methyl sites for hydroxylation is 1. The number of guanidine groups is 1. The highest BCUT2D eigenvalue weighted by molar-refractivity contribution is 5.80. The summed E-state index contributed by atoms with van der Waals surface area (Å²) in [6.07, 6.45) is 1.87. The molecule has 3 rings (SSSR count). The summed E-state index contributed by atoms with van der Waals surface area (Å²) in [6.45, 7) is 1.85. The molecule has 1 atom stereocenters.